The average Bonchev–Trinajstić information content (AvgIpc) is 2.97. The number of benzene rings is 4. The van der Waals surface area contributed by atoms with Crippen LogP contribution in [-0.2, 0) is 9.53 Å². The summed E-state index contributed by atoms with van der Waals surface area (Å²) in [6.45, 7) is 5.90. The first-order valence-electron chi connectivity index (χ1n) is 13.1. The topological polar surface area (TPSA) is 65.0 Å². The van der Waals surface area contributed by atoms with Crippen molar-refractivity contribution < 1.29 is 24.1 Å². The Morgan fingerprint density at radius 2 is 1.46 bits per heavy atom. The molecule has 0 radical (unpaired) electrons. The SMILES string of the molecule is C=C(C)[C@H]1C[C@H](c2ccccc2)[C@H](c2ccccc2)O[C@@H]1c1cc(Oc2ccccc2)ccc1OCC(=O)O. The van der Waals surface area contributed by atoms with Gasteiger partial charge in [-0.05, 0) is 54.8 Å². The summed E-state index contributed by atoms with van der Waals surface area (Å²) in [7, 11) is 0. The fourth-order valence-corrected chi connectivity index (χ4v) is 5.29. The van der Waals surface area contributed by atoms with Gasteiger partial charge in [-0.1, -0.05) is 91.0 Å². The van der Waals surface area contributed by atoms with Crippen LogP contribution in [0.3, 0.4) is 0 Å². The number of aliphatic carboxylic acids is 1. The van der Waals surface area contributed by atoms with E-state index in [-0.39, 0.29) is 17.9 Å². The van der Waals surface area contributed by atoms with Gasteiger partial charge in [-0.15, -0.1) is 0 Å². The fraction of sp³-hybridized carbons (Fsp3) is 0.206. The molecule has 198 valence electrons. The zero-order chi connectivity index (χ0) is 27.2. The molecule has 5 nitrogen and oxygen atoms in total. The van der Waals surface area contributed by atoms with Crippen LogP contribution in [0.15, 0.2) is 121 Å². The molecule has 0 saturated carbocycles. The Hall–Kier alpha value is -4.35. The molecule has 0 unspecified atom stereocenters. The molecule has 0 spiro atoms. The Morgan fingerprint density at radius 3 is 2.08 bits per heavy atom. The number of hydrogen-bond acceptors (Lipinski definition) is 4. The average molecular weight is 521 g/mol. The summed E-state index contributed by atoms with van der Waals surface area (Å²) in [5, 5.41) is 9.32. The number of rotatable bonds is 9. The number of carbonyl (C=O) groups is 1. The first-order valence-corrected chi connectivity index (χ1v) is 13.1. The predicted molar refractivity (Wildman–Crippen MR) is 151 cm³/mol. The van der Waals surface area contributed by atoms with Gasteiger partial charge in [0.2, 0.25) is 0 Å². The van der Waals surface area contributed by atoms with Gasteiger partial charge >= 0.3 is 5.97 Å². The third kappa shape index (κ3) is 6.21. The van der Waals surface area contributed by atoms with Crippen LogP contribution in [0.4, 0.5) is 0 Å². The zero-order valence-electron chi connectivity index (χ0n) is 21.9. The van der Waals surface area contributed by atoms with E-state index in [1.54, 1.807) is 12.1 Å². The van der Waals surface area contributed by atoms with Crippen LogP contribution in [-0.4, -0.2) is 17.7 Å². The molecule has 4 atom stereocenters. The van der Waals surface area contributed by atoms with Gasteiger partial charge < -0.3 is 19.3 Å². The predicted octanol–water partition coefficient (Wildman–Crippen LogP) is 8.12. The summed E-state index contributed by atoms with van der Waals surface area (Å²) in [6.07, 6.45) is 0.169. The van der Waals surface area contributed by atoms with E-state index in [2.05, 4.69) is 43.0 Å². The molecular weight excluding hydrogens is 488 g/mol. The van der Waals surface area contributed by atoms with E-state index in [9.17, 15) is 9.90 Å². The van der Waals surface area contributed by atoms with E-state index in [4.69, 9.17) is 14.2 Å². The number of ether oxygens (including phenoxy) is 3. The minimum Gasteiger partial charge on any atom is -0.482 e. The highest BCUT2D eigenvalue weighted by Gasteiger charge is 2.41. The van der Waals surface area contributed by atoms with Gasteiger partial charge in [-0.3, -0.25) is 0 Å². The molecule has 1 fully saturated rings. The molecule has 5 heteroatoms. The van der Waals surface area contributed by atoms with Crippen LogP contribution in [0.1, 0.15) is 48.2 Å². The Bertz CT molecular complexity index is 1400. The maximum atomic E-state index is 11.4. The summed E-state index contributed by atoms with van der Waals surface area (Å²) in [6, 6.07) is 35.6. The van der Waals surface area contributed by atoms with Crippen LogP contribution >= 0.6 is 0 Å². The summed E-state index contributed by atoms with van der Waals surface area (Å²) in [5.41, 5.74) is 4.02. The quantitative estimate of drug-likeness (QED) is 0.226. The van der Waals surface area contributed by atoms with Crippen molar-refractivity contribution in [2.24, 2.45) is 5.92 Å². The second-order valence-electron chi connectivity index (χ2n) is 9.89. The van der Waals surface area contributed by atoms with Gasteiger partial charge in [0.15, 0.2) is 6.61 Å². The molecule has 4 aromatic rings. The molecule has 1 aliphatic rings. The van der Waals surface area contributed by atoms with Crippen LogP contribution in [0.2, 0.25) is 0 Å². The standard InChI is InChI=1S/C34H32O5/c1-23(2)28-21-29(24-12-6-3-7-13-24)33(25-14-8-4-9-15-25)39-34(28)30-20-27(38-26-16-10-5-11-17-26)18-19-31(30)37-22-32(35)36/h3-20,28-29,33-34H,1,21-22H2,2H3,(H,35,36)/t28-,29-,33+,34+/m1/s1. The van der Waals surface area contributed by atoms with Crippen molar-refractivity contribution in [3.63, 3.8) is 0 Å². The Labute approximate surface area is 229 Å². The van der Waals surface area contributed by atoms with Crippen molar-refractivity contribution in [3.05, 3.63) is 138 Å². The molecule has 0 aromatic heterocycles. The van der Waals surface area contributed by atoms with E-state index < -0.39 is 18.7 Å². The first-order chi connectivity index (χ1) is 19.0. The van der Waals surface area contributed by atoms with Crippen LogP contribution in [0.5, 0.6) is 17.2 Å². The van der Waals surface area contributed by atoms with Gasteiger partial charge in [0.05, 0.1) is 12.2 Å². The molecular formula is C34H32O5. The Morgan fingerprint density at radius 1 is 0.846 bits per heavy atom. The summed E-state index contributed by atoms with van der Waals surface area (Å²) in [4.78, 5) is 11.4. The lowest BCUT2D eigenvalue weighted by atomic mass is 9.74. The van der Waals surface area contributed by atoms with E-state index in [0.717, 1.165) is 23.1 Å². The molecule has 1 aliphatic heterocycles. The molecule has 0 aliphatic carbocycles. The second-order valence-corrected chi connectivity index (χ2v) is 9.89. The highest BCUT2D eigenvalue weighted by atomic mass is 16.5. The molecule has 39 heavy (non-hydrogen) atoms. The Balaban J connectivity index is 1.58. The fourth-order valence-electron chi connectivity index (χ4n) is 5.29. The summed E-state index contributed by atoms with van der Waals surface area (Å²) in [5.74, 6) is 0.810. The highest BCUT2D eigenvalue weighted by Crippen LogP contribution is 2.53. The second kappa shape index (κ2) is 12.0. The number of para-hydroxylation sites is 1. The molecule has 0 amide bonds. The summed E-state index contributed by atoms with van der Waals surface area (Å²) < 4.78 is 18.9. The number of carboxylic acids is 1. The van der Waals surface area contributed by atoms with Crippen LogP contribution in [0.25, 0.3) is 0 Å². The smallest absolute Gasteiger partial charge is 0.341 e. The minimum atomic E-state index is -1.04. The van der Waals surface area contributed by atoms with Crippen molar-refractivity contribution in [1.29, 1.82) is 0 Å². The van der Waals surface area contributed by atoms with Crippen molar-refractivity contribution in [1.82, 2.24) is 0 Å². The van der Waals surface area contributed by atoms with Gasteiger partial charge in [-0.25, -0.2) is 4.79 Å². The van der Waals surface area contributed by atoms with Crippen LogP contribution in [0, 0.1) is 5.92 Å². The van der Waals surface area contributed by atoms with E-state index in [1.165, 1.54) is 5.56 Å². The third-order valence-corrected chi connectivity index (χ3v) is 7.14. The van der Waals surface area contributed by atoms with Crippen LogP contribution < -0.4 is 9.47 Å². The van der Waals surface area contributed by atoms with Crippen molar-refractivity contribution in [2.45, 2.75) is 31.5 Å². The van der Waals surface area contributed by atoms with Crippen molar-refractivity contribution >= 4 is 5.97 Å². The maximum Gasteiger partial charge on any atom is 0.341 e. The van der Waals surface area contributed by atoms with Gasteiger partial charge in [0, 0.05) is 17.4 Å². The largest absolute Gasteiger partial charge is 0.482 e. The van der Waals surface area contributed by atoms with Crippen molar-refractivity contribution in [3.8, 4) is 17.2 Å². The zero-order valence-corrected chi connectivity index (χ0v) is 21.9. The molecule has 1 saturated heterocycles. The molecule has 4 aromatic carbocycles. The lowest BCUT2D eigenvalue weighted by Crippen LogP contribution is -2.31. The minimum absolute atomic E-state index is 0.0330. The van der Waals surface area contributed by atoms with Gasteiger partial charge in [0.25, 0.3) is 0 Å². The Kier molecular flexibility index (Phi) is 8.09. The highest BCUT2D eigenvalue weighted by molar-refractivity contribution is 5.68. The lowest BCUT2D eigenvalue weighted by molar-refractivity contribution is -0.139. The lowest BCUT2D eigenvalue weighted by Gasteiger charge is -2.43. The normalized spacial score (nSPS) is 20.6. The monoisotopic (exact) mass is 520 g/mol. The first kappa shape index (κ1) is 26.3. The number of carboxylic acid groups (broad SMARTS) is 1. The summed E-state index contributed by atoms with van der Waals surface area (Å²) >= 11 is 0. The van der Waals surface area contributed by atoms with E-state index >= 15 is 0 Å². The van der Waals surface area contributed by atoms with E-state index in [1.807, 2.05) is 67.6 Å². The van der Waals surface area contributed by atoms with Gasteiger partial charge in [0.1, 0.15) is 17.2 Å². The van der Waals surface area contributed by atoms with Gasteiger partial charge in [-0.2, -0.15) is 0 Å². The molecule has 0 bridgehead atoms. The number of hydrogen-bond donors (Lipinski definition) is 1. The van der Waals surface area contributed by atoms with E-state index in [0.29, 0.717) is 17.2 Å². The van der Waals surface area contributed by atoms with Crippen molar-refractivity contribution in [2.75, 3.05) is 6.61 Å². The molecule has 1 N–H and O–H groups in total. The molecule has 5 rings (SSSR count). The molecule has 1 heterocycles. The maximum absolute atomic E-state index is 11.4. The third-order valence-electron chi connectivity index (χ3n) is 7.14.